The Labute approximate surface area is 201 Å². The number of nitrogens with one attached hydrogen (secondary N) is 2. The van der Waals surface area contributed by atoms with Crippen LogP contribution in [0.25, 0.3) is 33.1 Å². The highest BCUT2D eigenvalue weighted by Gasteiger charge is 2.17. The van der Waals surface area contributed by atoms with Gasteiger partial charge in [-0.05, 0) is 48.8 Å². The molecule has 0 bridgehead atoms. The molecule has 1 saturated heterocycles. The van der Waals surface area contributed by atoms with Gasteiger partial charge in [-0.2, -0.15) is 0 Å². The zero-order valence-electron chi connectivity index (χ0n) is 19.3. The number of piperazine rings is 1. The van der Waals surface area contributed by atoms with Gasteiger partial charge in [0, 0.05) is 79.1 Å². The van der Waals surface area contributed by atoms with Gasteiger partial charge in [0.2, 0.25) is 0 Å². The molecular formula is C26H24N8O. The predicted octanol–water partition coefficient (Wildman–Crippen LogP) is 3.57. The lowest BCUT2D eigenvalue weighted by atomic mass is 10.1. The predicted molar refractivity (Wildman–Crippen MR) is 137 cm³/mol. The Hall–Kier alpha value is -4.37. The number of aromatic nitrogens is 5. The number of pyridine rings is 4. The number of fused-ring (bicyclic) bond motifs is 2. The summed E-state index contributed by atoms with van der Waals surface area (Å²) in [5, 5.41) is 5.78. The number of nitrogens with zero attached hydrogens (tertiary/aromatic N) is 6. The number of carbonyl (C=O) groups excluding carboxylic acids is 1. The minimum atomic E-state index is -0.217. The van der Waals surface area contributed by atoms with Crippen LogP contribution in [0, 0.1) is 0 Å². The van der Waals surface area contributed by atoms with Gasteiger partial charge in [0.25, 0.3) is 5.91 Å². The number of H-pyrrole nitrogens is 1. The summed E-state index contributed by atoms with van der Waals surface area (Å²) in [5.41, 5.74) is 3.13. The maximum absolute atomic E-state index is 13.0. The number of hydrogen-bond donors (Lipinski definition) is 2. The summed E-state index contributed by atoms with van der Waals surface area (Å²) in [4.78, 5) is 38.5. The third-order valence-electron chi connectivity index (χ3n) is 6.38. The average Bonchev–Trinajstić information content (AvgIpc) is 3.37. The molecule has 6 heterocycles. The SMILES string of the molecule is CN1CCN(c2cc(C(=O)Nc3cc4cc(-c5cnc6[nH]ccc6c5)ncc4cn3)ccn2)CC1. The second-order valence-corrected chi connectivity index (χ2v) is 8.77. The Morgan fingerprint density at radius 3 is 2.63 bits per heavy atom. The van der Waals surface area contributed by atoms with Gasteiger partial charge in [-0.3, -0.25) is 9.78 Å². The zero-order valence-corrected chi connectivity index (χ0v) is 19.3. The Morgan fingerprint density at radius 1 is 0.886 bits per heavy atom. The van der Waals surface area contributed by atoms with Crippen LogP contribution in [0.1, 0.15) is 10.4 Å². The van der Waals surface area contributed by atoms with Crippen LogP contribution in [0.5, 0.6) is 0 Å². The number of amides is 1. The van der Waals surface area contributed by atoms with Crippen LogP contribution in [0.15, 0.2) is 67.4 Å². The third kappa shape index (κ3) is 4.29. The summed E-state index contributed by atoms with van der Waals surface area (Å²) in [7, 11) is 2.11. The fourth-order valence-corrected chi connectivity index (χ4v) is 4.30. The maximum Gasteiger partial charge on any atom is 0.257 e. The number of aromatic amines is 1. The molecule has 9 heteroatoms. The summed E-state index contributed by atoms with van der Waals surface area (Å²) in [6, 6.07) is 11.5. The largest absolute Gasteiger partial charge is 0.354 e. The normalized spacial score (nSPS) is 14.5. The Bertz CT molecular complexity index is 1540. The van der Waals surface area contributed by atoms with Gasteiger partial charge in [0.05, 0.1) is 5.69 Å². The van der Waals surface area contributed by atoms with E-state index in [4.69, 9.17) is 0 Å². The van der Waals surface area contributed by atoms with E-state index in [0.717, 1.165) is 65.1 Å². The lowest BCUT2D eigenvalue weighted by Gasteiger charge is -2.33. The van der Waals surface area contributed by atoms with Crippen molar-refractivity contribution in [1.29, 1.82) is 0 Å². The quantitative estimate of drug-likeness (QED) is 0.419. The van der Waals surface area contributed by atoms with Crippen LogP contribution in [0.4, 0.5) is 11.6 Å². The lowest BCUT2D eigenvalue weighted by Crippen LogP contribution is -2.44. The first-order chi connectivity index (χ1) is 17.1. The van der Waals surface area contributed by atoms with Crippen molar-refractivity contribution in [2.75, 3.05) is 43.4 Å². The highest BCUT2D eigenvalue weighted by Crippen LogP contribution is 2.25. The van der Waals surface area contributed by atoms with Crippen LogP contribution in [0.3, 0.4) is 0 Å². The molecule has 1 aliphatic heterocycles. The van der Waals surface area contributed by atoms with Gasteiger partial charge >= 0.3 is 0 Å². The average molecular weight is 465 g/mol. The molecule has 2 N–H and O–H groups in total. The van der Waals surface area contributed by atoms with E-state index in [-0.39, 0.29) is 5.91 Å². The van der Waals surface area contributed by atoms with E-state index < -0.39 is 0 Å². The van der Waals surface area contributed by atoms with Gasteiger partial charge in [-0.25, -0.2) is 15.0 Å². The van der Waals surface area contributed by atoms with Gasteiger partial charge < -0.3 is 20.1 Å². The van der Waals surface area contributed by atoms with Crippen molar-refractivity contribution in [3.63, 3.8) is 0 Å². The first-order valence-corrected chi connectivity index (χ1v) is 11.5. The molecule has 6 rings (SSSR count). The molecule has 9 nitrogen and oxygen atoms in total. The minimum absolute atomic E-state index is 0.217. The lowest BCUT2D eigenvalue weighted by molar-refractivity contribution is 0.102. The number of likely N-dealkylation sites (N-methyl/N-ethyl adjacent to an activating group) is 1. The molecule has 0 atom stereocenters. The molecule has 0 spiro atoms. The van der Waals surface area contributed by atoms with Crippen molar-refractivity contribution in [3.05, 3.63) is 72.9 Å². The first-order valence-electron chi connectivity index (χ1n) is 11.5. The smallest absolute Gasteiger partial charge is 0.257 e. The molecule has 5 aromatic heterocycles. The molecule has 0 aromatic carbocycles. The standard InChI is InChI=1S/C26H24N8O/c1-33-6-8-34(9-7-33)24-13-18(3-4-27-24)26(35)32-23-12-19-11-22(29-15-21(19)16-30-23)20-10-17-2-5-28-25(17)31-14-20/h2-5,10-16H,6-9H2,1H3,(H,28,31)(H,30,32,35). The molecule has 0 unspecified atom stereocenters. The van der Waals surface area contributed by atoms with Gasteiger partial charge in [-0.1, -0.05) is 0 Å². The summed E-state index contributed by atoms with van der Waals surface area (Å²) in [6.45, 7) is 3.74. The highest BCUT2D eigenvalue weighted by molar-refractivity contribution is 6.05. The van der Waals surface area contributed by atoms with E-state index in [9.17, 15) is 4.79 Å². The zero-order chi connectivity index (χ0) is 23.8. The van der Waals surface area contributed by atoms with Gasteiger partial charge in [0.1, 0.15) is 17.3 Å². The fourth-order valence-electron chi connectivity index (χ4n) is 4.30. The molecule has 0 aliphatic carbocycles. The van der Waals surface area contributed by atoms with Crippen LogP contribution in [-0.4, -0.2) is 69.0 Å². The number of rotatable bonds is 4. The third-order valence-corrected chi connectivity index (χ3v) is 6.38. The van der Waals surface area contributed by atoms with Crippen LogP contribution < -0.4 is 10.2 Å². The van der Waals surface area contributed by atoms with E-state index in [1.54, 1.807) is 30.9 Å². The van der Waals surface area contributed by atoms with Crippen molar-refractivity contribution in [1.82, 2.24) is 29.8 Å². The fraction of sp³-hybridized carbons (Fsp3) is 0.192. The molecule has 174 valence electrons. The summed E-state index contributed by atoms with van der Waals surface area (Å²) in [5.74, 6) is 1.09. The van der Waals surface area contributed by atoms with E-state index in [0.29, 0.717) is 11.4 Å². The van der Waals surface area contributed by atoms with Crippen LogP contribution >= 0.6 is 0 Å². The second kappa shape index (κ2) is 8.77. The molecule has 1 aliphatic rings. The maximum atomic E-state index is 13.0. The molecule has 0 radical (unpaired) electrons. The summed E-state index contributed by atoms with van der Waals surface area (Å²) < 4.78 is 0. The monoisotopic (exact) mass is 464 g/mol. The molecule has 0 saturated carbocycles. The number of anilines is 2. The first kappa shape index (κ1) is 21.2. The summed E-state index contributed by atoms with van der Waals surface area (Å²) >= 11 is 0. The minimum Gasteiger partial charge on any atom is -0.354 e. The molecule has 35 heavy (non-hydrogen) atoms. The van der Waals surface area contributed by atoms with E-state index in [1.807, 2.05) is 30.5 Å². The number of hydrogen-bond acceptors (Lipinski definition) is 7. The second-order valence-electron chi connectivity index (χ2n) is 8.77. The Balaban J connectivity index is 1.24. The van der Waals surface area contributed by atoms with Crippen molar-refractivity contribution < 1.29 is 4.79 Å². The van der Waals surface area contributed by atoms with E-state index in [2.05, 4.69) is 53.2 Å². The van der Waals surface area contributed by atoms with Crippen molar-refractivity contribution in [2.24, 2.45) is 0 Å². The highest BCUT2D eigenvalue weighted by atomic mass is 16.1. The van der Waals surface area contributed by atoms with E-state index in [1.165, 1.54) is 0 Å². The molecule has 5 aromatic rings. The molecular weight excluding hydrogens is 440 g/mol. The van der Waals surface area contributed by atoms with Crippen molar-refractivity contribution in [2.45, 2.75) is 0 Å². The van der Waals surface area contributed by atoms with Gasteiger partial charge in [0.15, 0.2) is 0 Å². The van der Waals surface area contributed by atoms with Gasteiger partial charge in [-0.15, -0.1) is 0 Å². The number of carbonyl (C=O) groups is 1. The molecule has 1 amide bonds. The topological polar surface area (TPSA) is 103 Å². The van der Waals surface area contributed by atoms with Crippen LogP contribution in [-0.2, 0) is 0 Å². The molecule has 1 fully saturated rings. The summed E-state index contributed by atoms with van der Waals surface area (Å²) in [6.07, 6.45) is 8.86. The Morgan fingerprint density at radius 2 is 1.74 bits per heavy atom. The van der Waals surface area contributed by atoms with E-state index >= 15 is 0 Å². The van der Waals surface area contributed by atoms with Crippen molar-refractivity contribution >= 4 is 39.3 Å². The Kier molecular flexibility index (Phi) is 5.31. The van der Waals surface area contributed by atoms with Crippen molar-refractivity contribution in [3.8, 4) is 11.3 Å². The van der Waals surface area contributed by atoms with Crippen LogP contribution in [0.2, 0.25) is 0 Å².